The molecule has 4 aliphatic rings. The molecule has 0 heterocycles. The number of nitrogens with one attached hydrogen (secondary N) is 1. The minimum atomic E-state index is -0.958. The normalized spacial score (nSPS) is 36.3. The highest BCUT2D eigenvalue weighted by atomic mass is 19.1. The number of benzene rings is 1. The molecule has 1 amide bonds. The fourth-order valence-electron chi connectivity index (χ4n) is 5.64. The van der Waals surface area contributed by atoms with Crippen molar-refractivity contribution in [3.8, 4) is 5.75 Å². The second-order valence-corrected chi connectivity index (χ2v) is 8.98. The van der Waals surface area contributed by atoms with Crippen LogP contribution in [0.15, 0.2) is 24.3 Å². The quantitative estimate of drug-likeness (QED) is 0.895. The lowest BCUT2D eigenvalue weighted by Gasteiger charge is -2.57. The summed E-state index contributed by atoms with van der Waals surface area (Å²) >= 11 is 0. The summed E-state index contributed by atoms with van der Waals surface area (Å²) in [5.74, 6) is 1.93. The molecule has 0 aromatic heterocycles. The van der Waals surface area contributed by atoms with Crippen LogP contribution in [0.4, 0.5) is 4.39 Å². The van der Waals surface area contributed by atoms with Gasteiger partial charge in [0.05, 0.1) is 12.5 Å². The molecule has 0 saturated heterocycles. The van der Waals surface area contributed by atoms with Crippen LogP contribution in [0.25, 0.3) is 0 Å². The third-order valence-corrected chi connectivity index (χ3v) is 6.86. The molecule has 1 aromatic carbocycles. The van der Waals surface area contributed by atoms with Gasteiger partial charge in [0.1, 0.15) is 11.4 Å². The largest absolute Gasteiger partial charge is 0.497 e. The Balaban J connectivity index is 1.51. The monoisotopic (exact) mass is 345 g/mol. The maximum absolute atomic E-state index is 14.9. The van der Waals surface area contributed by atoms with Crippen LogP contribution in [0.5, 0.6) is 5.75 Å². The maximum atomic E-state index is 14.9. The number of hydrogen-bond acceptors (Lipinski definition) is 2. The van der Waals surface area contributed by atoms with E-state index in [1.54, 1.807) is 7.11 Å². The van der Waals surface area contributed by atoms with Crippen LogP contribution in [0.2, 0.25) is 0 Å². The molecule has 3 nitrogen and oxygen atoms in total. The smallest absolute Gasteiger partial charge is 0.230 e. The molecular formula is C21H28FNO2. The molecule has 1 unspecified atom stereocenters. The topological polar surface area (TPSA) is 38.3 Å². The van der Waals surface area contributed by atoms with Crippen molar-refractivity contribution in [2.24, 2.45) is 17.8 Å². The molecule has 1 aromatic rings. The van der Waals surface area contributed by atoms with Crippen molar-refractivity contribution in [2.75, 3.05) is 7.11 Å². The zero-order valence-electron chi connectivity index (χ0n) is 15.3. The third kappa shape index (κ3) is 2.84. The number of methoxy groups -OCH3 is 1. The summed E-state index contributed by atoms with van der Waals surface area (Å²) in [6.07, 6.45) is 4.16. The predicted octanol–water partition coefficient (Wildman–Crippen LogP) is 4.01. The fourth-order valence-corrected chi connectivity index (χ4v) is 5.64. The molecule has 136 valence electrons. The number of ether oxygens (including phenoxy) is 1. The van der Waals surface area contributed by atoms with Gasteiger partial charge in [0.25, 0.3) is 0 Å². The van der Waals surface area contributed by atoms with Gasteiger partial charge in [-0.3, -0.25) is 4.79 Å². The number of carbonyl (C=O) groups is 1. The van der Waals surface area contributed by atoms with Crippen LogP contribution in [0, 0.1) is 17.8 Å². The summed E-state index contributed by atoms with van der Waals surface area (Å²) < 4.78 is 20.1. The van der Waals surface area contributed by atoms with Crippen molar-refractivity contribution in [2.45, 2.75) is 63.1 Å². The lowest BCUT2D eigenvalue weighted by molar-refractivity contribution is -0.134. The standard InChI is InChI=1S/C21H28FNO2/c1-20(2,16-5-4-6-17(9-16)25-3)19(24)23-18-14-7-13-8-15(18)12-21(22,10-13)11-14/h4-6,9,13-15,18H,7-8,10-12H2,1-3H3,(H,23,24)/t13?,14-,15+,18-,21+. The number of amides is 1. The van der Waals surface area contributed by atoms with Gasteiger partial charge in [-0.2, -0.15) is 0 Å². The van der Waals surface area contributed by atoms with E-state index in [0.29, 0.717) is 30.6 Å². The van der Waals surface area contributed by atoms with Crippen LogP contribution in [-0.4, -0.2) is 24.7 Å². The van der Waals surface area contributed by atoms with E-state index >= 15 is 0 Å². The van der Waals surface area contributed by atoms with E-state index in [1.165, 1.54) is 0 Å². The molecule has 4 bridgehead atoms. The molecule has 5 rings (SSSR count). The minimum Gasteiger partial charge on any atom is -0.497 e. The Morgan fingerprint density at radius 2 is 1.92 bits per heavy atom. The Morgan fingerprint density at radius 3 is 2.52 bits per heavy atom. The summed E-state index contributed by atoms with van der Waals surface area (Å²) in [4.78, 5) is 13.1. The number of alkyl halides is 1. The van der Waals surface area contributed by atoms with Crippen molar-refractivity contribution in [1.29, 1.82) is 0 Å². The molecule has 4 fully saturated rings. The molecule has 5 atom stereocenters. The average Bonchev–Trinajstić information content (AvgIpc) is 2.56. The summed E-state index contributed by atoms with van der Waals surface area (Å²) in [7, 11) is 1.63. The Hall–Kier alpha value is -1.58. The summed E-state index contributed by atoms with van der Waals surface area (Å²) in [6, 6.07) is 7.83. The zero-order valence-corrected chi connectivity index (χ0v) is 15.3. The van der Waals surface area contributed by atoms with Gasteiger partial charge < -0.3 is 10.1 Å². The molecular weight excluding hydrogens is 317 g/mol. The molecule has 4 heteroatoms. The molecule has 4 saturated carbocycles. The number of hydrogen-bond donors (Lipinski definition) is 1. The first-order valence-electron chi connectivity index (χ1n) is 9.45. The van der Waals surface area contributed by atoms with Crippen LogP contribution >= 0.6 is 0 Å². The third-order valence-electron chi connectivity index (χ3n) is 6.86. The van der Waals surface area contributed by atoms with Crippen molar-refractivity contribution in [3.63, 3.8) is 0 Å². The number of halogens is 1. The Labute approximate surface area is 149 Å². The van der Waals surface area contributed by atoms with Gasteiger partial charge in [0.15, 0.2) is 0 Å². The van der Waals surface area contributed by atoms with Crippen LogP contribution in [0.3, 0.4) is 0 Å². The lowest BCUT2D eigenvalue weighted by Crippen LogP contribution is -2.61. The number of carbonyl (C=O) groups excluding carboxylic acids is 1. The average molecular weight is 345 g/mol. The van der Waals surface area contributed by atoms with Gasteiger partial charge in [-0.05, 0) is 81.4 Å². The second-order valence-electron chi connectivity index (χ2n) is 8.98. The van der Waals surface area contributed by atoms with E-state index in [2.05, 4.69) is 5.32 Å². The van der Waals surface area contributed by atoms with Crippen LogP contribution in [0.1, 0.15) is 51.5 Å². The summed E-state index contributed by atoms with van der Waals surface area (Å²) in [5.41, 5.74) is -0.661. The Kier molecular flexibility index (Phi) is 3.86. The maximum Gasteiger partial charge on any atom is 0.230 e. The zero-order chi connectivity index (χ0) is 17.8. The van der Waals surface area contributed by atoms with E-state index in [9.17, 15) is 9.18 Å². The molecule has 0 spiro atoms. The Bertz CT molecular complexity index is 670. The summed E-state index contributed by atoms with van der Waals surface area (Å²) in [5, 5.41) is 3.31. The van der Waals surface area contributed by atoms with Crippen molar-refractivity contribution in [3.05, 3.63) is 29.8 Å². The lowest BCUT2D eigenvalue weighted by atomic mass is 9.53. The Morgan fingerprint density at radius 1 is 1.24 bits per heavy atom. The van der Waals surface area contributed by atoms with E-state index < -0.39 is 11.1 Å². The van der Waals surface area contributed by atoms with Crippen molar-refractivity contribution < 1.29 is 13.9 Å². The van der Waals surface area contributed by atoms with Crippen LogP contribution in [-0.2, 0) is 10.2 Å². The minimum absolute atomic E-state index is 0.0335. The highest BCUT2D eigenvalue weighted by molar-refractivity contribution is 5.87. The number of rotatable bonds is 4. The molecule has 4 aliphatic carbocycles. The van der Waals surface area contributed by atoms with Gasteiger partial charge in [-0.1, -0.05) is 12.1 Å². The van der Waals surface area contributed by atoms with E-state index in [0.717, 1.165) is 30.6 Å². The van der Waals surface area contributed by atoms with Crippen molar-refractivity contribution in [1.82, 2.24) is 5.32 Å². The predicted molar refractivity (Wildman–Crippen MR) is 95.3 cm³/mol. The first-order valence-corrected chi connectivity index (χ1v) is 9.45. The summed E-state index contributed by atoms with van der Waals surface area (Å²) in [6.45, 7) is 3.90. The highest BCUT2D eigenvalue weighted by Crippen LogP contribution is 2.57. The SMILES string of the molecule is COc1cccc(C(C)(C)C(=O)N[C@@H]2[C@@H]3CC4C[C@H]2C[C@](F)(C4)C3)c1. The van der Waals surface area contributed by atoms with Crippen molar-refractivity contribution >= 4 is 5.91 Å². The van der Waals surface area contributed by atoms with Gasteiger partial charge in [0.2, 0.25) is 5.91 Å². The van der Waals surface area contributed by atoms with Gasteiger partial charge in [-0.15, -0.1) is 0 Å². The van der Waals surface area contributed by atoms with Gasteiger partial charge in [0, 0.05) is 6.04 Å². The molecule has 25 heavy (non-hydrogen) atoms. The molecule has 1 N–H and O–H groups in total. The second kappa shape index (κ2) is 5.72. The molecule has 0 aliphatic heterocycles. The fraction of sp³-hybridized carbons (Fsp3) is 0.667. The van der Waals surface area contributed by atoms with Gasteiger partial charge >= 0.3 is 0 Å². The van der Waals surface area contributed by atoms with E-state index in [-0.39, 0.29) is 11.9 Å². The first-order chi connectivity index (χ1) is 11.8. The van der Waals surface area contributed by atoms with Crippen LogP contribution < -0.4 is 10.1 Å². The van der Waals surface area contributed by atoms with E-state index in [4.69, 9.17) is 4.74 Å². The van der Waals surface area contributed by atoms with E-state index in [1.807, 2.05) is 38.1 Å². The molecule has 0 radical (unpaired) electrons. The van der Waals surface area contributed by atoms with Gasteiger partial charge in [-0.25, -0.2) is 4.39 Å². The highest BCUT2D eigenvalue weighted by Gasteiger charge is 2.56. The first kappa shape index (κ1) is 16.9.